The van der Waals surface area contributed by atoms with Crippen molar-refractivity contribution in [3.63, 3.8) is 0 Å². The topological polar surface area (TPSA) is 71.4 Å². The van der Waals surface area contributed by atoms with Crippen LogP contribution in [0.4, 0.5) is 0 Å². The molecule has 0 aliphatic rings. The maximum absolute atomic E-state index is 11.2. The minimum absolute atomic E-state index is 0.120. The number of aromatic carboxylic acids is 1. The zero-order chi connectivity index (χ0) is 11.6. The maximum atomic E-state index is 11.2. The van der Waals surface area contributed by atoms with Gasteiger partial charge >= 0.3 is 5.97 Å². The Hall–Kier alpha value is -1.01. The summed E-state index contributed by atoms with van der Waals surface area (Å²) in [5.41, 5.74) is 0.120. The quantitative estimate of drug-likeness (QED) is 0.818. The molecule has 1 aromatic rings. The highest BCUT2D eigenvalue weighted by Crippen LogP contribution is 2.24. The van der Waals surface area contributed by atoms with Gasteiger partial charge in [0.1, 0.15) is 0 Å². The lowest BCUT2D eigenvalue weighted by Gasteiger charge is -2.05. The van der Waals surface area contributed by atoms with Crippen LogP contribution in [0.3, 0.4) is 0 Å². The summed E-state index contributed by atoms with van der Waals surface area (Å²) in [4.78, 5) is 11.4. The van der Waals surface area contributed by atoms with Gasteiger partial charge in [0.25, 0.3) is 0 Å². The Kier molecular flexibility index (Phi) is 3.41. The van der Waals surface area contributed by atoms with E-state index in [0.29, 0.717) is 4.90 Å². The summed E-state index contributed by atoms with van der Waals surface area (Å²) in [6.07, 6.45) is 2.79. The molecule has 0 spiro atoms. The number of sulfone groups is 1. The smallest absolute Gasteiger partial charge is 0.336 e. The minimum atomic E-state index is -3.28. The Balaban J connectivity index is 3.38. The van der Waals surface area contributed by atoms with E-state index in [1.165, 1.54) is 30.0 Å². The molecule has 1 aromatic carbocycles. The molecule has 0 bridgehead atoms. The van der Waals surface area contributed by atoms with Crippen LogP contribution in [0.5, 0.6) is 0 Å². The van der Waals surface area contributed by atoms with Gasteiger partial charge in [-0.1, -0.05) is 0 Å². The molecule has 0 atom stereocenters. The van der Waals surface area contributed by atoms with Gasteiger partial charge in [-0.25, -0.2) is 13.2 Å². The number of rotatable bonds is 3. The monoisotopic (exact) mass is 246 g/mol. The van der Waals surface area contributed by atoms with Crippen molar-refractivity contribution in [1.82, 2.24) is 0 Å². The zero-order valence-electron chi connectivity index (χ0n) is 8.22. The lowest BCUT2D eigenvalue weighted by molar-refractivity contribution is 0.0693. The van der Waals surface area contributed by atoms with Gasteiger partial charge in [0, 0.05) is 11.2 Å². The predicted octanol–water partition coefficient (Wildman–Crippen LogP) is 1.51. The number of benzene rings is 1. The van der Waals surface area contributed by atoms with Crippen LogP contribution in [0.1, 0.15) is 10.4 Å². The Labute approximate surface area is 92.2 Å². The second-order valence-electron chi connectivity index (χ2n) is 2.94. The number of hydrogen-bond acceptors (Lipinski definition) is 4. The number of carbonyl (C=O) groups is 1. The van der Waals surface area contributed by atoms with E-state index in [-0.39, 0.29) is 10.5 Å². The molecule has 0 unspecified atom stereocenters. The first-order valence-electron chi connectivity index (χ1n) is 3.97. The van der Waals surface area contributed by atoms with Crippen molar-refractivity contribution in [3.05, 3.63) is 23.8 Å². The Bertz CT molecular complexity index is 491. The normalized spacial score (nSPS) is 11.3. The van der Waals surface area contributed by atoms with Crippen molar-refractivity contribution in [3.8, 4) is 0 Å². The standard InChI is InChI=1S/C9H10O4S2/c1-14-8-5-6(15(2,12)13)3-4-7(8)9(10)11/h3-5H,1-2H3,(H,10,11). The van der Waals surface area contributed by atoms with Gasteiger partial charge < -0.3 is 5.11 Å². The number of thioether (sulfide) groups is 1. The third-order valence-electron chi connectivity index (χ3n) is 1.83. The molecule has 0 aliphatic carbocycles. The van der Waals surface area contributed by atoms with Gasteiger partial charge in [0.15, 0.2) is 9.84 Å². The second kappa shape index (κ2) is 4.24. The highest BCUT2D eigenvalue weighted by molar-refractivity contribution is 7.98. The fourth-order valence-electron chi connectivity index (χ4n) is 1.08. The van der Waals surface area contributed by atoms with Crippen molar-refractivity contribution in [2.45, 2.75) is 9.79 Å². The highest BCUT2D eigenvalue weighted by atomic mass is 32.2. The molecule has 1 N–H and O–H groups in total. The predicted molar refractivity (Wildman–Crippen MR) is 58.3 cm³/mol. The molecule has 1 rings (SSSR count). The van der Waals surface area contributed by atoms with E-state index in [2.05, 4.69) is 0 Å². The van der Waals surface area contributed by atoms with Gasteiger partial charge in [-0.05, 0) is 24.5 Å². The number of carboxylic acids is 1. The summed E-state index contributed by atoms with van der Waals surface area (Å²) in [5.74, 6) is -1.06. The molecule has 82 valence electrons. The first kappa shape index (κ1) is 12.1. The van der Waals surface area contributed by atoms with E-state index in [9.17, 15) is 13.2 Å². The fraction of sp³-hybridized carbons (Fsp3) is 0.222. The van der Waals surface area contributed by atoms with Crippen LogP contribution in [0, 0.1) is 0 Å². The Morgan fingerprint density at radius 2 is 2.00 bits per heavy atom. The summed E-state index contributed by atoms with van der Waals surface area (Å²) < 4.78 is 22.5. The molecule has 6 heteroatoms. The van der Waals surface area contributed by atoms with E-state index in [4.69, 9.17) is 5.11 Å². The van der Waals surface area contributed by atoms with Gasteiger partial charge in [0.2, 0.25) is 0 Å². The van der Waals surface area contributed by atoms with E-state index in [1.54, 1.807) is 6.26 Å². The molecular weight excluding hydrogens is 236 g/mol. The summed E-state index contributed by atoms with van der Waals surface area (Å²) in [7, 11) is -3.28. The second-order valence-corrected chi connectivity index (χ2v) is 5.80. The van der Waals surface area contributed by atoms with Crippen molar-refractivity contribution < 1.29 is 18.3 Å². The molecule has 4 nitrogen and oxygen atoms in total. The van der Waals surface area contributed by atoms with Crippen LogP contribution in [0.25, 0.3) is 0 Å². The number of hydrogen-bond donors (Lipinski definition) is 1. The molecule has 0 radical (unpaired) electrons. The molecular formula is C9H10O4S2. The van der Waals surface area contributed by atoms with Crippen molar-refractivity contribution >= 4 is 27.6 Å². The third kappa shape index (κ3) is 2.73. The lowest BCUT2D eigenvalue weighted by atomic mass is 10.2. The minimum Gasteiger partial charge on any atom is -0.478 e. The first-order valence-corrected chi connectivity index (χ1v) is 7.09. The molecule has 0 amide bonds. The van der Waals surface area contributed by atoms with Crippen molar-refractivity contribution in [2.24, 2.45) is 0 Å². The molecule has 0 aromatic heterocycles. The Morgan fingerprint density at radius 3 is 2.40 bits per heavy atom. The van der Waals surface area contributed by atoms with E-state index >= 15 is 0 Å². The first-order chi connectivity index (χ1) is 6.86. The third-order valence-corrected chi connectivity index (χ3v) is 3.72. The summed E-state index contributed by atoms with van der Waals surface area (Å²) in [5, 5.41) is 8.83. The van der Waals surface area contributed by atoms with Crippen LogP contribution in [-0.2, 0) is 9.84 Å². The van der Waals surface area contributed by atoms with Crippen molar-refractivity contribution in [2.75, 3.05) is 12.5 Å². The largest absolute Gasteiger partial charge is 0.478 e. The lowest BCUT2D eigenvalue weighted by Crippen LogP contribution is -2.02. The molecule has 0 heterocycles. The molecule has 0 saturated heterocycles. The van der Waals surface area contributed by atoms with Crippen LogP contribution < -0.4 is 0 Å². The Morgan fingerprint density at radius 1 is 1.40 bits per heavy atom. The van der Waals surface area contributed by atoms with Crippen molar-refractivity contribution in [1.29, 1.82) is 0 Å². The average molecular weight is 246 g/mol. The average Bonchev–Trinajstić information content (AvgIpc) is 2.15. The van der Waals surface area contributed by atoms with Gasteiger partial charge in [-0.3, -0.25) is 0 Å². The highest BCUT2D eigenvalue weighted by Gasteiger charge is 2.14. The summed E-state index contributed by atoms with van der Waals surface area (Å²) >= 11 is 1.21. The van der Waals surface area contributed by atoms with Crippen LogP contribution >= 0.6 is 11.8 Å². The molecule has 0 fully saturated rings. The molecule has 0 saturated carbocycles. The fourth-order valence-corrected chi connectivity index (χ4v) is 2.42. The molecule has 0 aliphatic heterocycles. The van der Waals surface area contributed by atoms with Gasteiger partial charge in [-0.2, -0.15) is 0 Å². The molecule has 15 heavy (non-hydrogen) atoms. The van der Waals surface area contributed by atoms with Gasteiger partial charge in [0.05, 0.1) is 10.5 Å². The van der Waals surface area contributed by atoms with Crippen LogP contribution in [0.15, 0.2) is 28.0 Å². The van der Waals surface area contributed by atoms with Crippen LogP contribution in [-0.4, -0.2) is 32.0 Å². The summed E-state index contributed by atoms with van der Waals surface area (Å²) in [6.45, 7) is 0. The van der Waals surface area contributed by atoms with Gasteiger partial charge in [-0.15, -0.1) is 11.8 Å². The zero-order valence-corrected chi connectivity index (χ0v) is 9.85. The maximum Gasteiger partial charge on any atom is 0.336 e. The van der Waals surface area contributed by atoms with E-state index < -0.39 is 15.8 Å². The van der Waals surface area contributed by atoms with Crippen LogP contribution in [0.2, 0.25) is 0 Å². The SMILES string of the molecule is CSc1cc(S(C)(=O)=O)ccc1C(=O)O. The van der Waals surface area contributed by atoms with E-state index in [1.807, 2.05) is 0 Å². The number of carboxylic acid groups (broad SMARTS) is 1. The summed E-state index contributed by atoms with van der Waals surface area (Å²) in [6, 6.07) is 3.99. The van der Waals surface area contributed by atoms with E-state index in [0.717, 1.165) is 6.26 Å².